The molecule has 0 unspecified atom stereocenters. The summed E-state index contributed by atoms with van der Waals surface area (Å²) in [5.74, 6) is -0.888. The Bertz CT molecular complexity index is 1130. The lowest BCUT2D eigenvalue weighted by atomic mass is 9.89. The van der Waals surface area contributed by atoms with E-state index in [4.69, 9.17) is 23.2 Å². The van der Waals surface area contributed by atoms with Crippen molar-refractivity contribution in [3.05, 3.63) is 84.4 Å². The molecule has 148 valence electrons. The maximum atomic E-state index is 13.3. The molecule has 1 N–H and O–H groups in total. The van der Waals surface area contributed by atoms with E-state index >= 15 is 0 Å². The number of halogens is 3. The van der Waals surface area contributed by atoms with Crippen LogP contribution in [0.2, 0.25) is 10.0 Å². The van der Waals surface area contributed by atoms with E-state index in [1.54, 1.807) is 42.5 Å². The first kappa shape index (κ1) is 20.6. The summed E-state index contributed by atoms with van der Waals surface area (Å²) in [6.45, 7) is 0.175. The Labute approximate surface area is 189 Å². The average molecular weight is 511 g/mol. The summed E-state index contributed by atoms with van der Waals surface area (Å²) in [6, 6.07) is 15.5. The van der Waals surface area contributed by atoms with Crippen molar-refractivity contribution in [1.29, 1.82) is 0 Å². The zero-order chi connectivity index (χ0) is 20.8. The number of amides is 1. The first-order chi connectivity index (χ1) is 13.8. The molecule has 2 aromatic carbocycles. The van der Waals surface area contributed by atoms with Crippen LogP contribution in [-0.2, 0) is 16.9 Å². The molecule has 1 aliphatic heterocycles. The first-order valence-corrected chi connectivity index (χ1v) is 11.0. The van der Waals surface area contributed by atoms with Crippen LogP contribution in [0.15, 0.2) is 58.4 Å². The van der Waals surface area contributed by atoms with Crippen molar-refractivity contribution in [3.8, 4) is 0 Å². The number of carbonyl (C=O) groups excluding carboxylic acids is 2. The van der Waals surface area contributed by atoms with Crippen LogP contribution < -0.4 is 4.90 Å². The Hall–Kier alpha value is -1.70. The third-order valence-corrected chi connectivity index (χ3v) is 7.11. The summed E-state index contributed by atoms with van der Waals surface area (Å²) in [5, 5.41) is 12.3. The van der Waals surface area contributed by atoms with Crippen molar-refractivity contribution < 1.29 is 14.7 Å². The molecule has 0 bridgehead atoms. The average Bonchev–Trinajstić information content (AvgIpc) is 3.20. The van der Waals surface area contributed by atoms with Gasteiger partial charge in [-0.25, -0.2) is 0 Å². The molecule has 8 heteroatoms. The molecular weight excluding hydrogens is 497 g/mol. The van der Waals surface area contributed by atoms with Gasteiger partial charge in [0, 0.05) is 15.6 Å². The summed E-state index contributed by atoms with van der Waals surface area (Å²) in [7, 11) is 0. The Morgan fingerprint density at radius 1 is 1.14 bits per heavy atom. The Morgan fingerprint density at radius 2 is 1.90 bits per heavy atom. The molecule has 0 saturated heterocycles. The molecule has 4 rings (SSSR count). The van der Waals surface area contributed by atoms with E-state index in [1.165, 1.54) is 16.2 Å². The standard InChI is InChI=1S/C21H14BrCl2NO3S/c22-19-8-7-18(29-19)17(26)10-21(28)14-9-13(23)5-6-16(14)25(20(21)27)11-12-3-1-2-4-15(12)24/h1-9,28H,10-11H2/t21-/m0/s1. The van der Waals surface area contributed by atoms with Crippen molar-refractivity contribution >= 4 is 67.8 Å². The minimum Gasteiger partial charge on any atom is -0.375 e. The fourth-order valence-electron chi connectivity index (χ4n) is 3.43. The van der Waals surface area contributed by atoms with E-state index in [0.29, 0.717) is 26.2 Å². The molecule has 2 heterocycles. The topological polar surface area (TPSA) is 57.6 Å². The molecule has 3 aromatic rings. The highest BCUT2D eigenvalue weighted by atomic mass is 79.9. The largest absolute Gasteiger partial charge is 0.375 e. The lowest BCUT2D eigenvalue weighted by Gasteiger charge is -2.23. The van der Waals surface area contributed by atoms with E-state index < -0.39 is 11.5 Å². The van der Waals surface area contributed by atoms with Gasteiger partial charge in [-0.3, -0.25) is 9.59 Å². The highest BCUT2D eigenvalue weighted by Gasteiger charge is 2.51. The van der Waals surface area contributed by atoms with Crippen LogP contribution in [0.4, 0.5) is 5.69 Å². The molecule has 0 spiro atoms. The number of Topliss-reactive ketones (excluding diaryl/α,β-unsaturated/α-hetero) is 1. The van der Waals surface area contributed by atoms with Crippen LogP contribution >= 0.6 is 50.5 Å². The zero-order valence-corrected chi connectivity index (χ0v) is 18.8. The monoisotopic (exact) mass is 509 g/mol. The van der Waals surface area contributed by atoms with Gasteiger partial charge >= 0.3 is 0 Å². The summed E-state index contributed by atoms with van der Waals surface area (Å²) in [4.78, 5) is 28.0. The number of fused-ring (bicyclic) bond motifs is 1. The van der Waals surface area contributed by atoms with Crippen LogP contribution in [0.3, 0.4) is 0 Å². The minimum atomic E-state index is -1.99. The highest BCUT2D eigenvalue weighted by molar-refractivity contribution is 9.11. The molecule has 1 atom stereocenters. The van der Waals surface area contributed by atoms with Gasteiger partial charge in [0.15, 0.2) is 11.4 Å². The van der Waals surface area contributed by atoms with Crippen molar-refractivity contribution in [3.63, 3.8) is 0 Å². The maximum Gasteiger partial charge on any atom is 0.264 e. The predicted molar refractivity (Wildman–Crippen MR) is 119 cm³/mol. The molecule has 0 aliphatic carbocycles. The van der Waals surface area contributed by atoms with E-state index in [9.17, 15) is 14.7 Å². The Balaban J connectivity index is 1.73. The molecule has 4 nitrogen and oxygen atoms in total. The van der Waals surface area contributed by atoms with Gasteiger partial charge in [0.2, 0.25) is 0 Å². The second kappa shape index (κ2) is 7.85. The van der Waals surface area contributed by atoms with Crippen LogP contribution in [0.5, 0.6) is 0 Å². The lowest BCUT2D eigenvalue weighted by molar-refractivity contribution is -0.136. The van der Waals surface area contributed by atoms with Gasteiger partial charge in [-0.1, -0.05) is 41.4 Å². The van der Waals surface area contributed by atoms with Gasteiger partial charge in [-0.05, 0) is 57.9 Å². The van der Waals surface area contributed by atoms with Gasteiger partial charge < -0.3 is 10.0 Å². The van der Waals surface area contributed by atoms with Crippen LogP contribution in [0.1, 0.15) is 27.2 Å². The third kappa shape index (κ3) is 3.76. The summed E-state index contributed by atoms with van der Waals surface area (Å²) < 4.78 is 0.800. The fourth-order valence-corrected chi connectivity index (χ4v) is 5.12. The summed E-state index contributed by atoms with van der Waals surface area (Å²) >= 11 is 17.0. The molecule has 0 radical (unpaired) electrons. The number of benzene rings is 2. The van der Waals surface area contributed by atoms with Crippen LogP contribution in [-0.4, -0.2) is 16.8 Å². The maximum absolute atomic E-state index is 13.3. The molecule has 1 amide bonds. The second-order valence-electron chi connectivity index (χ2n) is 6.71. The third-order valence-electron chi connectivity index (χ3n) is 4.84. The predicted octanol–water partition coefficient (Wildman–Crippen LogP) is 5.82. The highest BCUT2D eigenvalue weighted by Crippen LogP contribution is 2.45. The van der Waals surface area contributed by atoms with Gasteiger partial charge in [0.05, 0.1) is 27.3 Å². The number of aliphatic hydroxyl groups is 1. The van der Waals surface area contributed by atoms with E-state index in [2.05, 4.69) is 15.9 Å². The number of hydrogen-bond acceptors (Lipinski definition) is 4. The normalized spacial score (nSPS) is 18.2. The number of nitrogens with zero attached hydrogens (tertiary/aromatic N) is 1. The Kier molecular flexibility index (Phi) is 5.57. The number of ketones is 1. The molecule has 0 saturated carbocycles. The molecular formula is C21H14BrCl2NO3S. The first-order valence-electron chi connectivity index (χ1n) is 8.66. The Morgan fingerprint density at radius 3 is 2.59 bits per heavy atom. The van der Waals surface area contributed by atoms with E-state index in [1.807, 2.05) is 12.1 Å². The smallest absolute Gasteiger partial charge is 0.264 e. The quantitative estimate of drug-likeness (QED) is 0.439. The van der Waals surface area contributed by atoms with E-state index in [0.717, 1.165) is 9.35 Å². The summed E-state index contributed by atoms with van der Waals surface area (Å²) in [5.41, 5.74) is -0.413. The molecule has 29 heavy (non-hydrogen) atoms. The number of thiophene rings is 1. The van der Waals surface area contributed by atoms with Crippen LogP contribution in [0.25, 0.3) is 0 Å². The van der Waals surface area contributed by atoms with Gasteiger partial charge in [0.25, 0.3) is 5.91 Å². The van der Waals surface area contributed by atoms with Gasteiger partial charge in [0.1, 0.15) is 0 Å². The number of hydrogen-bond donors (Lipinski definition) is 1. The number of anilines is 1. The van der Waals surface area contributed by atoms with Gasteiger partial charge in [-0.15, -0.1) is 11.3 Å². The van der Waals surface area contributed by atoms with Crippen molar-refractivity contribution in [2.24, 2.45) is 0 Å². The van der Waals surface area contributed by atoms with Crippen LogP contribution in [0, 0.1) is 0 Å². The fraction of sp³-hybridized carbons (Fsp3) is 0.143. The lowest BCUT2D eigenvalue weighted by Crippen LogP contribution is -2.41. The number of carbonyl (C=O) groups is 2. The SMILES string of the molecule is O=C(C[C@@]1(O)C(=O)N(Cc2ccccc2Cl)c2ccc(Cl)cc21)c1ccc(Br)s1. The van der Waals surface area contributed by atoms with Gasteiger partial charge in [-0.2, -0.15) is 0 Å². The van der Waals surface area contributed by atoms with Crippen molar-refractivity contribution in [1.82, 2.24) is 0 Å². The molecule has 1 aromatic heterocycles. The summed E-state index contributed by atoms with van der Waals surface area (Å²) in [6.07, 6.45) is -0.370. The van der Waals surface area contributed by atoms with Crippen molar-refractivity contribution in [2.75, 3.05) is 4.90 Å². The minimum absolute atomic E-state index is 0.175. The zero-order valence-electron chi connectivity index (χ0n) is 14.9. The van der Waals surface area contributed by atoms with E-state index in [-0.39, 0.29) is 18.7 Å². The number of rotatable bonds is 5. The molecule has 1 aliphatic rings. The second-order valence-corrected chi connectivity index (χ2v) is 10.0. The van der Waals surface area contributed by atoms with Crippen molar-refractivity contribution in [2.45, 2.75) is 18.6 Å². The molecule has 0 fully saturated rings.